The number of aromatic nitrogens is 1. The quantitative estimate of drug-likeness (QED) is 0.638. The van der Waals surface area contributed by atoms with Crippen LogP contribution in [0.4, 0.5) is 4.79 Å². The van der Waals surface area contributed by atoms with Gasteiger partial charge < -0.3 is 15.7 Å². The molecular weight excluding hydrogens is 298 g/mol. The Morgan fingerprint density at radius 1 is 1.38 bits per heavy atom. The van der Waals surface area contributed by atoms with Crippen LogP contribution in [0.1, 0.15) is 12.1 Å². The first-order valence-electron chi connectivity index (χ1n) is 6.13. The number of amides is 2. The van der Waals surface area contributed by atoms with Gasteiger partial charge in [0.25, 0.3) is 0 Å². The molecule has 1 rings (SSSR count). The number of nitrogens with one attached hydrogen (secondary N) is 2. The highest BCUT2D eigenvalue weighted by atomic mass is 32.2. The number of carboxylic acid groups (broad SMARTS) is 1. The lowest BCUT2D eigenvalue weighted by atomic mass is 10.2. The zero-order valence-electron chi connectivity index (χ0n) is 11.4. The second-order valence-electron chi connectivity index (χ2n) is 4.46. The van der Waals surface area contributed by atoms with Gasteiger partial charge in [-0.2, -0.15) is 0 Å². The Bertz CT molecular complexity index is 588. The fourth-order valence-electron chi connectivity index (χ4n) is 1.47. The molecule has 0 radical (unpaired) electrons. The molecule has 0 spiro atoms. The van der Waals surface area contributed by atoms with Crippen LogP contribution in [0, 0.1) is 0 Å². The number of nitrogens with zero attached hydrogens (tertiary/aromatic N) is 1. The lowest BCUT2D eigenvalue weighted by molar-refractivity contribution is -0.139. The molecule has 21 heavy (non-hydrogen) atoms. The van der Waals surface area contributed by atoms with Crippen molar-refractivity contribution in [2.45, 2.75) is 19.0 Å². The van der Waals surface area contributed by atoms with Gasteiger partial charge in [-0.3, -0.25) is 4.98 Å². The summed E-state index contributed by atoms with van der Waals surface area (Å²) >= 11 is 0. The Morgan fingerprint density at radius 2 is 2.10 bits per heavy atom. The predicted molar refractivity (Wildman–Crippen MR) is 75.4 cm³/mol. The maximum absolute atomic E-state index is 11.6. The lowest BCUT2D eigenvalue weighted by Crippen LogP contribution is -2.46. The van der Waals surface area contributed by atoms with Crippen LogP contribution in [0.3, 0.4) is 0 Å². The molecule has 0 saturated carbocycles. The minimum atomic E-state index is -3.29. The summed E-state index contributed by atoms with van der Waals surface area (Å²) < 4.78 is 22.1. The third-order valence-electron chi connectivity index (χ3n) is 2.54. The molecule has 1 aromatic heterocycles. The second-order valence-corrected chi connectivity index (χ2v) is 6.72. The molecule has 0 aromatic carbocycles. The molecule has 0 aliphatic carbocycles. The highest BCUT2D eigenvalue weighted by Crippen LogP contribution is 1.98. The Morgan fingerprint density at radius 3 is 2.62 bits per heavy atom. The van der Waals surface area contributed by atoms with Crippen molar-refractivity contribution in [3.8, 4) is 0 Å². The van der Waals surface area contributed by atoms with Gasteiger partial charge in [-0.05, 0) is 18.6 Å². The smallest absolute Gasteiger partial charge is 0.326 e. The number of hydrogen-bond acceptors (Lipinski definition) is 5. The number of urea groups is 1. The van der Waals surface area contributed by atoms with E-state index in [2.05, 4.69) is 15.6 Å². The van der Waals surface area contributed by atoms with Gasteiger partial charge in [0.2, 0.25) is 0 Å². The molecule has 9 heteroatoms. The standard InChI is InChI=1S/C12H17N3O5S/c1-21(19,20)7-5-10(11(16)17)15-12(18)14-8-9-4-2-3-6-13-9/h2-4,6,10H,5,7-8H2,1H3,(H,16,17)(H2,14,15,18). The molecule has 2 amide bonds. The summed E-state index contributed by atoms with van der Waals surface area (Å²) in [4.78, 5) is 26.6. The fraction of sp³-hybridized carbons (Fsp3) is 0.417. The fourth-order valence-corrected chi connectivity index (χ4v) is 2.14. The number of carbonyl (C=O) groups excluding carboxylic acids is 1. The van der Waals surface area contributed by atoms with Crippen molar-refractivity contribution >= 4 is 21.8 Å². The molecular formula is C12H17N3O5S. The third kappa shape index (κ3) is 7.25. The normalized spacial score (nSPS) is 12.4. The first kappa shape index (κ1) is 16.9. The molecule has 8 nitrogen and oxygen atoms in total. The van der Waals surface area contributed by atoms with Crippen LogP contribution in [-0.4, -0.2) is 48.6 Å². The first-order valence-corrected chi connectivity index (χ1v) is 8.19. The van der Waals surface area contributed by atoms with Crippen LogP contribution in [0.2, 0.25) is 0 Å². The maximum atomic E-state index is 11.6. The molecule has 3 N–H and O–H groups in total. The summed E-state index contributed by atoms with van der Waals surface area (Å²) in [6.45, 7) is 0.144. The topological polar surface area (TPSA) is 125 Å². The first-order chi connectivity index (χ1) is 9.78. The van der Waals surface area contributed by atoms with Gasteiger partial charge in [0, 0.05) is 12.5 Å². The average molecular weight is 315 g/mol. The van der Waals surface area contributed by atoms with E-state index in [0.717, 1.165) is 6.26 Å². The predicted octanol–water partition coefficient (Wildman–Crippen LogP) is -0.231. The van der Waals surface area contributed by atoms with Crippen molar-refractivity contribution in [2.75, 3.05) is 12.0 Å². The van der Waals surface area contributed by atoms with E-state index in [9.17, 15) is 18.0 Å². The Balaban J connectivity index is 2.47. The highest BCUT2D eigenvalue weighted by Gasteiger charge is 2.21. The Kier molecular flexibility index (Phi) is 6.10. The van der Waals surface area contributed by atoms with Gasteiger partial charge in [0.15, 0.2) is 0 Å². The van der Waals surface area contributed by atoms with E-state index < -0.39 is 27.9 Å². The largest absolute Gasteiger partial charge is 0.480 e. The summed E-state index contributed by atoms with van der Waals surface area (Å²) in [7, 11) is -3.29. The maximum Gasteiger partial charge on any atom is 0.326 e. The van der Waals surface area contributed by atoms with Crippen molar-refractivity contribution in [3.63, 3.8) is 0 Å². The van der Waals surface area contributed by atoms with E-state index in [0.29, 0.717) is 5.69 Å². The SMILES string of the molecule is CS(=O)(=O)CCC(NC(=O)NCc1ccccn1)C(=O)O. The lowest BCUT2D eigenvalue weighted by Gasteiger charge is -2.14. The van der Waals surface area contributed by atoms with Gasteiger partial charge in [0.05, 0.1) is 18.0 Å². The molecule has 1 aromatic rings. The van der Waals surface area contributed by atoms with Gasteiger partial charge in [0.1, 0.15) is 15.9 Å². The number of carbonyl (C=O) groups is 2. The van der Waals surface area contributed by atoms with E-state index in [-0.39, 0.29) is 18.7 Å². The van der Waals surface area contributed by atoms with Crippen molar-refractivity contribution < 1.29 is 23.1 Å². The number of sulfone groups is 1. The molecule has 0 aliphatic rings. The number of pyridine rings is 1. The van der Waals surface area contributed by atoms with Gasteiger partial charge in [-0.15, -0.1) is 0 Å². The summed E-state index contributed by atoms with van der Waals surface area (Å²) in [6, 6.07) is 3.24. The van der Waals surface area contributed by atoms with Gasteiger partial charge in [-0.25, -0.2) is 18.0 Å². The van der Waals surface area contributed by atoms with E-state index in [4.69, 9.17) is 5.11 Å². The number of carboxylic acids is 1. The number of rotatable bonds is 7. The van der Waals surface area contributed by atoms with E-state index in [1.165, 1.54) is 0 Å². The van der Waals surface area contributed by atoms with Gasteiger partial charge in [-0.1, -0.05) is 6.07 Å². The van der Waals surface area contributed by atoms with Crippen molar-refractivity contribution in [1.82, 2.24) is 15.6 Å². The minimum absolute atomic E-state index is 0.144. The molecule has 1 heterocycles. The van der Waals surface area contributed by atoms with Crippen molar-refractivity contribution in [3.05, 3.63) is 30.1 Å². The van der Waals surface area contributed by atoms with Crippen molar-refractivity contribution in [2.24, 2.45) is 0 Å². The van der Waals surface area contributed by atoms with E-state index >= 15 is 0 Å². The van der Waals surface area contributed by atoms with Crippen LogP contribution in [0.25, 0.3) is 0 Å². The second kappa shape index (κ2) is 7.58. The number of aliphatic carboxylic acids is 1. The molecule has 1 atom stereocenters. The Hall–Kier alpha value is -2.16. The highest BCUT2D eigenvalue weighted by molar-refractivity contribution is 7.90. The summed E-state index contributed by atoms with van der Waals surface area (Å²) in [5.41, 5.74) is 0.621. The van der Waals surface area contributed by atoms with Crippen LogP contribution >= 0.6 is 0 Å². The minimum Gasteiger partial charge on any atom is -0.480 e. The van der Waals surface area contributed by atoms with Crippen LogP contribution in [0.5, 0.6) is 0 Å². The van der Waals surface area contributed by atoms with Crippen LogP contribution in [-0.2, 0) is 21.2 Å². The molecule has 0 bridgehead atoms. The zero-order valence-corrected chi connectivity index (χ0v) is 12.3. The monoisotopic (exact) mass is 315 g/mol. The van der Waals surface area contributed by atoms with Crippen molar-refractivity contribution in [1.29, 1.82) is 0 Å². The summed E-state index contributed by atoms with van der Waals surface area (Å²) in [6.07, 6.45) is 2.39. The third-order valence-corrected chi connectivity index (χ3v) is 3.51. The average Bonchev–Trinajstić information content (AvgIpc) is 2.41. The van der Waals surface area contributed by atoms with Crippen LogP contribution in [0.15, 0.2) is 24.4 Å². The molecule has 1 unspecified atom stereocenters. The molecule has 0 saturated heterocycles. The molecule has 0 fully saturated rings. The Labute approximate surface area is 122 Å². The molecule has 116 valence electrons. The van der Waals surface area contributed by atoms with E-state index in [1.807, 2.05) is 0 Å². The van der Waals surface area contributed by atoms with E-state index in [1.54, 1.807) is 24.4 Å². The summed E-state index contributed by atoms with van der Waals surface area (Å²) in [5.74, 6) is -1.60. The molecule has 0 aliphatic heterocycles. The summed E-state index contributed by atoms with van der Waals surface area (Å²) in [5, 5.41) is 13.6. The van der Waals surface area contributed by atoms with Crippen LogP contribution < -0.4 is 10.6 Å². The zero-order chi connectivity index (χ0) is 15.9. The number of hydrogen-bond donors (Lipinski definition) is 3. The van der Waals surface area contributed by atoms with Gasteiger partial charge >= 0.3 is 12.0 Å².